The van der Waals surface area contributed by atoms with Crippen LogP contribution in [0, 0.1) is 0 Å². The lowest BCUT2D eigenvalue weighted by atomic mass is 9.92. The van der Waals surface area contributed by atoms with Gasteiger partial charge >= 0.3 is 6.09 Å². The Labute approximate surface area is 204 Å². The molecule has 0 saturated heterocycles. The molecule has 3 atom stereocenters. The summed E-state index contributed by atoms with van der Waals surface area (Å²) in [6.07, 6.45) is 1.54. The van der Waals surface area contributed by atoms with Crippen LogP contribution in [0.4, 0.5) is 4.79 Å². The highest BCUT2D eigenvalue weighted by atomic mass is 16.6. The van der Waals surface area contributed by atoms with Crippen LogP contribution in [0.1, 0.15) is 93.2 Å². The molecule has 0 bridgehead atoms. The molecule has 0 heterocycles. The van der Waals surface area contributed by atoms with Crippen molar-refractivity contribution in [3.63, 3.8) is 0 Å². The number of nitrogens with one attached hydrogen (secondary N) is 2. The largest absolute Gasteiger partial charge is 0.508 e. The predicted molar refractivity (Wildman–Crippen MR) is 133 cm³/mol. The second-order valence-electron chi connectivity index (χ2n) is 10.4. The van der Waals surface area contributed by atoms with Crippen LogP contribution in [0.15, 0.2) is 24.3 Å². The molecule has 1 rings (SSSR count). The van der Waals surface area contributed by atoms with E-state index in [4.69, 9.17) is 4.74 Å². The monoisotopic (exact) mass is 477 g/mol. The lowest BCUT2D eigenvalue weighted by Crippen LogP contribution is -2.59. The van der Waals surface area contributed by atoms with Crippen molar-refractivity contribution in [3.05, 3.63) is 29.8 Å². The molecule has 0 fully saturated rings. The Kier molecular flexibility index (Phi) is 10.4. The van der Waals surface area contributed by atoms with Crippen molar-refractivity contribution in [2.45, 2.75) is 111 Å². The van der Waals surface area contributed by atoms with Crippen molar-refractivity contribution in [2.24, 2.45) is 0 Å². The van der Waals surface area contributed by atoms with E-state index in [0.29, 0.717) is 12.0 Å². The van der Waals surface area contributed by atoms with E-state index >= 15 is 0 Å². The molecule has 0 aliphatic heterocycles. The number of hydrogen-bond donors (Lipinski definition) is 3. The van der Waals surface area contributed by atoms with E-state index in [-0.39, 0.29) is 17.7 Å². The van der Waals surface area contributed by atoms with Gasteiger partial charge in [0.1, 0.15) is 23.4 Å². The topological polar surface area (TPSA) is 108 Å². The third-order valence-electron chi connectivity index (χ3n) is 5.66. The van der Waals surface area contributed by atoms with Gasteiger partial charge < -0.3 is 25.4 Å². The summed E-state index contributed by atoms with van der Waals surface area (Å²) < 4.78 is 5.30. The van der Waals surface area contributed by atoms with Crippen LogP contribution in [0.25, 0.3) is 0 Å². The highest BCUT2D eigenvalue weighted by Gasteiger charge is 2.42. The van der Waals surface area contributed by atoms with Crippen molar-refractivity contribution in [1.82, 2.24) is 15.5 Å². The van der Waals surface area contributed by atoms with Crippen molar-refractivity contribution < 1.29 is 24.2 Å². The molecule has 34 heavy (non-hydrogen) atoms. The molecule has 0 aromatic heterocycles. The molecular formula is C26H43N3O5. The molecule has 0 aliphatic rings. The molecule has 0 spiro atoms. The minimum Gasteiger partial charge on any atom is -0.508 e. The Bertz CT molecular complexity index is 847. The molecule has 1 aromatic rings. The zero-order valence-corrected chi connectivity index (χ0v) is 22.2. The number of phenols is 1. The summed E-state index contributed by atoms with van der Waals surface area (Å²) in [4.78, 5) is 41.2. The molecule has 3 N–H and O–H groups in total. The van der Waals surface area contributed by atoms with Gasteiger partial charge in [0, 0.05) is 11.6 Å². The van der Waals surface area contributed by atoms with Crippen molar-refractivity contribution in [3.8, 4) is 5.75 Å². The summed E-state index contributed by atoms with van der Waals surface area (Å²) in [6.45, 7) is 16.4. The summed E-state index contributed by atoms with van der Waals surface area (Å²) in [5.41, 5.74) is -0.961. The Balaban J connectivity index is 3.46. The van der Waals surface area contributed by atoms with E-state index in [0.717, 1.165) is 12.8 Å². The number of carbonyl (C=O) groups excluding carboxylic acids is 3. The number of amides is 3. The summed E-state index contributed by atoms with van der Waals surface area (Å²) in [6, 6.07) is 4.33. The van der Waals surface area contributed by atoms with Crippen LogP contribution < -0.4 is 10.6 Å². The van der Waals surface area contributed by atoms with E-state index < -0.39 is 35.2 Å². The first kappa shape index (κ1) is 29.3. The van der Waals surface area contributed by atoms with E-state index in [1.165, 1.54) is 17.0 Å². The highest BCUT2D eigenvalue weighted by molar-refractivity contribution is 5.92. The fraction of sp³-hybridized carbons (Fsp3) is 0.654. The number of rotatable bonds is 10. The van der Waals surface area contributed by atoms with E-state index in [2.05, 4.69) is 10.6 Å². The van der Waals surface area contributed by atoms with Crippen LogP contribution in [0.3, 0.4) is 0 Å². The molecule has 0 saturated carbocycles. The molecule has 8 heteroatoms. The molecule has 8 nitrogen and oxygen atoms in total. The number of aromatic hydroxyl groups is 1. The number of ether oxygens (including phenoxy) is 1. The van der Waals surface area contributed by atoms with Gasteiger partial charge in [0.15, 0.2) is 0 Å². The Morgan fingerprint density at radius 1 is 1.06 bits per heavy atom. The van der Waals surface area contributed by atoms with E-state index in [1.807, 2.05) is 34.6 Å². The predicted octanol–water partition coefficient (Wildman–Crippen LogP) is 4.67. The molecule has 192 valence electrons. The first-order valence-electron chi connectivity index (χ1n) is 12.0. The Morgan fingerprint density at radius 3 is 2.18 bits per heavy atom. The van der Waals surface area contributed by atoms with Crippen LogP contribution in [0.2, 0.25) is 0 Å². The number of nitrogens with zero attached hydrogens (tertiary/aromatic N) is 1. The number of phenolic OH excluding ortho intramolecular Hbond substituents is 1. The molecular weight excluding hydrogens is 434 g/mol. The summed E-state index contributed by atoms with van der Waals surface area (Å²) in [5, 5.41) is 15.7. The average Bonchev–Trinajstić information content (AvgIpc) is 2.69. The summed E-state index contributed by atoms with van der Waals surface area (Å²) in [5.74, 6) is -0.770. The Hall–Kier alpha value is -2.77. The maximum atomic E-state index is 13.8. The maximum absolute atomic E-state index is 13.8. The number of alkyl carbamates (subject to hydrolysis) is 1. The molecule has 3 unspecified atom stereocenters. The van der Waals surface area contributed by atoms with Gasteiger partial charge in [0.25, 0.3) is 0 Å². The van der Waals surface area contributed by atoms with Crippen molar-refractivity contribution in [1.29, 1.82) is 0 Å². The average molecular weight is 478 g/mol. The zero-order chi connectivity index (χ0) is 26.3. The third kappa shape index (κ3) is 8.54. The van der Waals surface area contributed by atoms with Crippen LogP contribution >= 0.6 is 0 Å². The zero-order valence-electron chi connectivity index (χ0n) is 22.2. The fourth-order valence-electron chi connectivity index (χ4n) is 3.64. The van der Waals surface area contributed by atoms with Crippen LogP contribution in [-0.2, 0) is 14.3 Å². The Morgan fingerprint density at radius 2 is 1.68 bits per heavy atom. The lowest BCUT2D eigenvalue weighted by Gasteiger charge is -2.44. The lowest BCUT2D eigenvalue weighted by molar-refractivity contribution is -0.149. The maximum Gasteiger partial charge on any atom is 0.408 e. The minimum atomic E-state index is -1.00. The van der Waals surface area contributed by atoms with Crippen molar-refractivity contribution in [2.75, 3.05) is 0 Å². The van der Waals surface area contributed by atoms with Gasteiger partial charge in [-0.1, -0.05) is 32.4 Å². The normalized spacial score (nSPS) is 14.5. The molecule has 1 aromatic carbocycles. The minimum absolute atomic E-state index is 0.00135. The molecule has 3 amide bonds. The van der Waals surface area contributed by atoms with Gasteiger partial charge in [-0.05, 0) is 79.0 Å². The van der Waals surface area contributed by atoms with Crippen LogP contribution in [-0.4, -0.2) is 51.1 Å². The third-order valence-corrected chi connectivity index (χ3v) is 5.66. The SMILES string of the molecule is CCCC(C)NC(=O)C(c1cccc(O)c1)N(C(=O)C(C)NC(=O)OC(C)(C)C)C(C)(C)CC. The fourth-order valence-corrected chi connectivity index (χ4v) is 3.64. The standard InChI is InChI=1S/C26H43N3O5/c1-10-13-17(3)27-22(31)21(19-14-12-15-20(30)16-19)29(26(8,9)11-2)23(32)18(4)28-24(33)34-25(5,6)7/h12,14-18,21,30H,10-11,13H2,1-9H3,(H,27,31)(H,28,33). The quantitative estimate of drug-likeness (QED) is 0.454. The van der Waals surface area contributed by atoms with E-state index in [9.17, 15) is 19.5 Å². The van der Waals surface area contributed by atoms with Gasteiger partial charge in [-0.3, -0.25) is 9.59 Å². The number of hydrogen-bond acceptors (Lipinski definition) is 5. The smallest absolute Gasteiger partial charge is 0.408 e. The van der Waals surface area contributed by atoms with Gasteiger partial charge in [0.2, 0.25) is 11.8 Å². The first-order valence-corrected chi connectivity index (χ1v) is 12.0. The van der Waals surface area contributed by atoms with Gasteiger partial charge in [-0.2, -0.15) is 0 Å². The van der Waals surface area contributed by atoms with Gasteiger partial charge in [0.05, 0.1) is 0 Å². The van der Waals surface area contributed by atoms with Crippen LogP contribution in [0.5, 0.6) is 5.75 Å². The van der Waals surface area contributed by atoms with Crippen molar-refractivity contribution >= 4 is 17.9 Å². The van der Waals surface area contributed by atoms with Gasteiger partial charge in [-0.15, -0.1) is 0 Å². The molecule has 0 radical (unpaired) electrons. The molecule has 0 aliphatic carbocycles. The highest BCUT2D eigenvalue weighted by Crippen LogP contribution is 2.33. The summed E-state index contributed by atoms with van der Waals surface area (Å²) >= 11 is 0. The van der Waals surface area contributed by atoms with Gasteiger partial charge in [-0.25, -0.2) is 4.79 Å². The summed E-state index contributed by atoms with van der Waals surface area (Å²) in [7, 11) is 0. The van der Waals surface area contributed by atoms with E-state index in [1.54, 1.807) is 39.8 Å². The number of carbonyl (C=O) groups is 3. The number of benzene rings is 1. The second-order valence-corrected chi connectivity index (χ2v) is 10.4. The first-order chi connectivity index (χ1) is 15.6. The second kappa shape index (κ2) is 12.1.